The third-order valence-corrected chi connectivity index (χ3v) is 2.85. The molecule has 80 valence electrons. The molecule has 15 heavy (non-hydrogen) atoms. The molecular weight excluding hydrogens is 184 g/mol. The number of hydrogen-bond acceptors (Lipinski definition) is 1. The van der Waals surface area contributed by atoms with Gasteiger partial charge in [-0.3, -0.25) is 0 Å². The van der Waals surface area contributed by atoms with Gasteiger partial charge in [0, 0.05) is 5.57 Å². The summed E-state index contributed by atoms with van der Waals surface area (Å²) in [7, 11) is 0. The maximum Gasteiger partial charge on any atom is 0.123 e. The average Bonchev–Trinajstić information content (AvgIpc) is 2.27. The maximum atomic E-state index is 10.4. The molecule has 0 heterocycles. The second-order valence-corrected chi connectivity index (χ2v) is 4.63. The summed E-state index contributed by atoms with van der Waals surface area (Å²) >= 11 is 0. The van der Waals surface area contributed by atoms with Crippen LogP contribution in [0.2, 0.25) is 0 Å². The van der Waals surface area contributed by atoms with Crippen LogP contribution < -0.4 is 0 Å². The molecule has 0 unspecified atom stereocenters. The largest absolute Gasteiger partial charge is 0.234 e. The number of rotatable bonds is 4. The van der Waals surface area contributed by atoms with Crippen molar-refractivity contribution in [1.82, 2.24) is 0 Å². The van der Waals surface area contributed by atoms with Crippen LogP contribution in [0.25, 0.3) is 0 Å². The van der Waals surface area contributed by atoms with Gasteiger partial charge in [-0.1, -0.05) is 44.2 Å². The Bertz CT molecular complexity index is 356. The highest BCUT2D eigenvalue weighted by molar-refractivity contribution is 5.51. The molecule has 0 spiro atoms. The van der Waals surface area contributed by atoms with E-state index in [4.69, 9.17) is 0 Å². The van der Waals surface area contributed by atoms with E-state index in [1.54, 1.807) is 0 Å². The van der Waals surface area contributed by atoms with E-state index in [-0.39, 0.29) is 5.41 Å². The van der Waals surface area contributed by atoms with Crippen molar-refractivity contribution >= 4 is 5.94 Å². The summed E-state index contributed by atoms with van der Waals surface area (Å²) in [6.07, 6.45) is 1.81. The number of carbonyl (C=O) groups excluding carboxylic acids is 1. The van der Waals surface area contributed by atoms with Crippen molar-refractivity contribution in [2.24, 2.45) is 0 Å². The number of benzene rings is 1. The predicted molar refractivity (Wildman–Crippen MR) is 63.6 cm³/mol. The lowest BCUT2D eigenvalue weighted by molar-refractivity contribution is 0.478. The minimum absolute atomic E-state index is 0.124. The lowest BCUT2D eigenvalue weighted by Crippen LogP contribution is -2.16. The summed E-state index contributed by atoms with van der Waals surface area (Å²) in [6.45, 7) is 6.26. The second-order valence-electron chi connectivity index (χ2n) is 4.63. The average molecular weight is 202 g/mol. The molecule has 1 heteroatoms. The Kier molecular flexibility index (Phi) is 3.88. The molecule has 0 saturated heterocycles. The van der Waals surface area contributed by atoms with Gasteiger partial charge in [-0.2, -0.15) is 0 Å². The SMILES string of the molecule is CC(=C=O)CCC(C)(C)c1ccccc1. The van der Waals surface area contributed by atoms with E-state index < -0.39 is 0 Å². The molecule has 0 atom stereocenters. The molecule has 0 aliphatic rings. The van der Waals surface area contributed by atoms with Crippen LogP contribution in [-0.4, -0.2) is 5.94 Å². The van der Waals surface area contributed by atoms with Crippen LogP contribution in [0.1, 0.15) is 39.2 Å². The van der Waals surface area contributed by atoms with Crippen molar-refractivity contribution in [2.45, 2.75) is 39.0 Å². The Labute approximate surface area is 91.8 Å². The quantitative estimate of drug-likeness (QED) is 0.683. The summed E-state index contributed by atoms with van der Waals surface area (Å²) in [5.41, 5.74) is 2.25. The highest BCUT2D eigenvalue weighted by Crippen LogP contribution is 2.29. The summed E-state index contributed by atoms with van der Waals surface area (Å²) in [6, 6.07) is 10.4. The Morgan fingerprint density at radius 2 is 1.87 bits per heavy atom. The van der Waals surface area contributed by atoms with Crippen molar-refractivity contribution in [3.8, 4) is 0 Å². The van der Waals surface area contributed by atoms with Gasteiger partial charge in [0.1, 0.15) is 5.94 Å². The van der Waals surface area contributed by atoms with Crippen molar-refractivity contribution in [2.75, 3.05) is 0 Å². The Morgan fingerprint density at radius 3 is 2.40 bits per heavy atom. The topological polar surface area (TPSA) is 17.1 Å². The van der Waals surface area contributed by atoms with Crippen molar-refractivity contribution < 1.29 is 4.79 Å². The van der Waals surface area contributed by atoms with Crippen LogP contribution in [-0.2, 0) is 10.2 Å². The molecule has 0 bridgehead atoms. The first-order chi connectivity index (χ1) is 7.06. The van der Waals surface area contributed by atoms with E-state index in [2.05, 4.69) is 38.1 Å². The van der Waals surface area contributed by atoms with E-state index in [9.17, 15) is 4.79 Å². The van der Waals surface area contributed by atoms with Gasteiger partial charge in [0.05, 0.1) is 0 Å². The van der Waals surface area contributed by atoms with Crippen LogP contribution in [0, 0.1) is 0 Å². The predicted octanol–water partition coefficient (Wildman–Crippen LogP) is 3.52. The minimum Gasteiger partial charge on any atom is -0.234 e. The van der Waals surface area contributed by atoms with E-state index in [1.165, 1.54) is 5.56 Å². The lowest BCUT2D eigenvalue weighted by atomic mass is 9.80. The van der Waals surface area contributed by atoms with Crippen LogP contribution in [0.15, 0.2) is 35.9 Å². The highest BCUT2D eigenvalue weighted by atomic mass is 16.1. The molecular formula is C14H18O. The van der Waals surface area contributed by atoms with Crippen molar-refractivity contribution in [3.63, 3.8) is 0 Å². The van der Waals surface area contributed by atoms with Crippen molar-refractivity contribution in [1.29, 1.82) is 0 Å². The zero-order chi connectivity index (χ0) is 11.3. The molecule has 0 radical (unpaired) electrons. The first kappa shape index (κ1) is 11.7. The highest BCUT2D eigenvalue weighted by Gasteiger charge is 2.19. The fourth-order valence-electron chi connectivity index (χ4n) is 1.58. The molecule has 0 aromatic heterocycles. The van der Waals surface area contributed by atoms with Gasteiger partial charge < -0.3 is 0 Å². The van der Waals surface area contributed by atoms with Gasteiger partial charge in [0.25, 0.3) is 0 Å². The normalized spacial score (nSPS) is 10.9. The molecule has 0 amide bonds. The molecule has 0 fully saturated rings. The molecule has 0 aliphatic heterocycles. The van der Waals surface area contributed by atoms with Crippen LogP contribution in [0.3, 0.4) is 0 Å². The third kappa shape index (κ3) is 3.38. The standard InChI is InChI=1S/C14H18O/c1-12(11-15)9-10-14(2,3)13-7-5-4-6-8-13/h4-8H,9-10H2,1-3H3. The fraction of sp³-hybridized carbons (Fsp3) is 0.429. The first-order valence-corrected chi connectivity index (χ1v) is 5.32. The molecule has 0 N–H and O–H groups in total. The van der Waals surface area contributed by atoms with Gasteiger partial charge >= 0.3 is 0 Å². The monoisotopic (exact) mass is 202 g/mol. The van der Waals surface area contributed by atoms with Gasteiger partial charge in [-0.25, -0.2) is 4.79 Å². The zero-order valence-corrected chi connectivity index (χ0v) is 9.71. The molecule has 1 nitrogen and oxygen atoms in total. The van der Waals surface area contributed by atoms with E-state index in [1.807, 2.05) is 18.9 Å². The van der Waals surface area contributed by atoms with Gasteiger partial charge in [-0.15, -0.1) is 0 Å². The van der Waals surface area contributed by atoms with Crippen molar-refractivity contribution in [3.05, 3.63) is 41.5 Å². The maximum absolute atomic E-state index is 10.4. The first-order valence-electron chi connectivity index (χ1n) is 5.32. The van der Waals surface area contributed by atoms with Gasteiger partial charge in [0.15, 0.2) is 0 Å². The third-order valence-electron chi connectivity index (χ3n) is 2.85. The van der Waals surface area contributed by atoms with Crippen LogP contribution >= 0.6 is 0 Å². The van der Waals surface area contributed by atoms with Crippen LogP contribution in [0.4, 0.5) is 0 Å². The van der Waals surface area contributed by atoms with Gasteiger partial charge in [0.2, 0.25) is 0 Å². The summed E-state index contributed by atoms with van der Waals surface area (Å²) < 4.78 is 0. The van der Waals surface area contributed by atoms with E-state index in [0.29, 0.717) is 0 Å². The van der Waals surface area contributed by atoms with Crippen LogP contribution in [0.5, 0.6) is 0 Å². The fourth-order valence-corrected chi connectivity index (χ4v) is 1.58. The smallest absolute Gasteiger partial charge is 0.123 e. The van der Waals surface area contributed by atoms with E-state index in [0.717, 1.165) is 18.4 Å². The van der Waals surface area contributed by atoms with Gasteiger partial charge in [-0.05, 0) is 30.7 Å². The molecule has 1 aromatic carbocycles. The summed E-state index contributed by atoms with van der Waals surface area (Å²) in [5, 5.41) is 0. The number of hydrogen-bond donors (Lipinski definition) is 0. The minimum atomic E-state index is 0.124. The Balaban J connectivity index is 2.72. The molecule has 0 saturated carbocycles. The Morgan fingerprint density at radius 1 is 1.27 bits per heavy atom. The molecule has 0 aliphatic carbocycles. The second kappa shape index (κ2) is 4.95. The summed E-state index contributed by atoms with van der Waals surface area (Å²) in [4.78, 5) is 10.4. The molecule has 1 rings (SSSR count). The summed E-state index contributed by atoms with van der Waals surface area (Å²) in [5.74, 6) is 1.96. The Hall–Kier alpha value is -1.33. The zero-order valence-electron chi connectivity index (χ0n) is 9.71. The molecule has 1 aromatic rings. The van der Waals surface area contributed by atoms with E-state index >= 15 is 0 Å². The number of allylic oxidation sites excluding steroid dienone is 1. The lowest BCUT2D eigenvalue weighted by Gasteiger charge is -2.25.